The van der Waals surface area contributed by atoms with Gasteiger partial charge in [0.05, 0.1) is 0 Å². The van der Waals surface area contributed by atoms with Crippen molar-refractivity contribution in [3.05, 3.63) is 106 Å². The summed E-state index contributed by atoms with van der Waals surface area (Å²) in [6.45, 7) is 2.68. The lowest BCUT2D eigenvalue weighted by molar-refractivity contribution is -0.145. The van der Waals surface area contributed by atoms with Gasteiger partial charge in [-0.2, -0.15) is 0 Å². The third kappa shape index (κ3) is 12.5. The first-order valence-electron chi connectivity index (χ1n) is 19.1. The summed E-state index contributed by atoms with van der Waals surface area (Å²) in [6.07, 6.45) is 2.51. The van der Waals surface area contributed by atoms with Gasteiger partial charge < -0.3 is 37.2 Å². The molecular weight excluding hydrogens is 766 g/mol. The number of primary amides is 1. The molecule has 0 spiro atoms. The van der Waals surface area contributed by atoms with Crippen molar-refractivity contribution in [3.63, 3.8) is 0 Å². The van der Waals surface area contributed by atoms with Crippen molar-refractivity contribution in [3.8, 4) is 0 Å². The van der Waals surface area contributed by atoms with Gasteiger partial charge in [0.1, 0.15) is 30.0 Å². The number of nitrogens with zero attached hydrogens (tertiary/aromatic N) is 1. The number of hydrogen-bond donors (Lipinski definition) is 6. The molecule has 1 aliphatic heterocycles. The van der Waals surface area contributed by atoms with Crippen LogP contribution in [0.25, 0.3) is 10.1 Å². The van der Waals surface area contributed by atoms with Crippen LogP contribution in [0.5, 0.6) is 0 Å². The molecule has 0 radical (unpaired) electrons. The highest BCUT2D eigenvalue weighted by atomic mass is 35.5. The van der Waals surface area contributed by atoms with Crippen LogP contribution in [0.1, 0.15) is 54.4 Å². The number of piperidine rings is 1. The van der Waals surface area contributed by atoms with Gasteiger partial charge in [-0.25, -0.2) is 4.79 Å². The van der Waals surface area contributed by atoms with Crippen LogP contribution in [0.15, 0.2) is 84.2 Å². The lowest BCUT2D eigenvalue weighted by Gasteiger charge is -2.37. The number of aryl methyl sites for hydroxylation is 1. The van der Waals surface area contributed by atoms with Gasteiger partial charge in [-0.15, -0.1) is 22.9 Å². The zero-order valence-corrected chi connectivity index (χ0v) is 33.5. The molecule has 302 valence electrons. The fourth-order valence-electron chi connectivity index (χ4n) is 6.92. The molecule has 5 rings (SSSR count). The fraction of sp³-hybridized carbons (Fsp3) is 0.381. The second-order valence-corrected chi connectivity index (χ2v) is 15.4. The van der Waals surface area contributed by atoms with E-state index in [-0.39, 0.29) is 44.8 Å². The van der Waals surface area contributed by atoms with E-state index in [9.17, 15) is 28.8 Å². The molecule has 7 N–H and O–H groups in total. The van der Waals surface area contributed by atoms with Gasteiger partial charge in [0.2, 0.25) is 29.5 Å². The molecule has 57 heavy (non-hydrogen) atoms. The Hall–Kier alpha value is -5.47. The lowest BCUT2D eigenvalue weighted by Crippen LogP contribution is -2.61. The summed E-state index contributed by atoms with van der Waals surface area (Å²) < 4.78 is 1.01. The maximum Gasteiger partial charge on any atom is 0.312 e. The predicted molar refractivity (Wildman–Crippen MR) is 221 cm³/mol. The SMILES string of the molecule is Cc1ccc(CNC(=O)[C@H](CCCNC(N)=O)NC(=O)[C@H](Cc2csc3ccccc23)NC(=O)[C@@H]2CCCCN2C(=O)[C@H](Cc2ccccc2)NC(=O)CCl)cc1. The first kappa shape index (κ1) is 42.7. The average Bonchev–Trinajstić information content (AvgIpc) is 3.63. The van der Waals surface area contributed by atoms with E-state index in [1.54, 1.807) is 0 Å². The van der Waals surface area contributed by atoms with E-state index in [0.29, 0.717) is 25.7 Å². The third-order valence-corrected chi connectivity index (χ3v) is 11.2. The molecule has 4 aromatic rings. The molecule has 7 amide bonds. The van der Waals surface area contributed by atoms with Crippen molar-refractivity contribution in [1.29, 1.82) is 0 Å². The van der Waals surface area contributed by atoms with E-state index in [1.165, 1.54) is 16.2 Å². The van der Waals surface area contributed by atoms with Crippen molar-refractivity contribution < 1.29 is 28.8 Å². The van der Waals surface area contributed by atoms with E-state index < -0.39 is 59.7 Å². The van der Waals surface area contributed by atoms with E-state index in [4.69, 9.17) is 17.3 Å². The number of carbonyl (C=O) groups excluding carboxylic acids is 6. The molecule has 0 saturated carbocycles. The minimum Gasteiger partial charge on any atom is -0.352 e. The third-order valence-electron chi connectivity index (χ3n) is 9.93. The average molecular weight is 816 g/mol. The van der Waals surface area contributed by atoms with E-state index >= 15 is 0 Å². The summed E-state index contributed by atoms with van der Waals surface area (Å²) in [6, 6.07) is 20.0. The molecule has 13 nitrogen and oxygen atoms in total. The molecule has 4 atom stereocenters. The number of rotatable bonds is 18. The van der Waals surface area contributed by atoms with Crippen molar-refractivity contribution in [2.45, 2.75) is 82.6 Å². The number of carbonyl (C=O) groups is 6. The van der Waals surface area contributed by atoms with Crippen LogP contribution in [-0.4, -0.2) is 83.6 Å². The molecule has 0 aliphatic carbocycles. The summed E-state index contributed by atoms with van der Waals surface area (Å²) in [5.74, 6) is -2.79. The molecule has 1 saturated heterocycles. The van der Waals surface area contributed by atoms with Crippen LogP contribution in [0.3, 0.4) is 0 Å². The topological polar surface area (TPSA) is 192 Å². The maximum atomic E-state index is 14.3. The van der Waals surface area contributed by atoms with Gasteiger partial charge in [-0.1, -0.05) is 78.4 Å². The number of hydrogen-bond acceptors (Lipinski definition) is 7. The highest BCUT2D eigenvalue weighted by Crippen LogP contribution is 2.27. The quantitative estimate of drug-likeness (QED) is 0.0654. The Morgan fingerprint density at radius 2 is 1.54 bits per heavy atom. The van der Waals surface area contributed by atoms with Gasteiger partial charge in [0.25, 0.3) is 0 Å². The number of amides is 7. The standard InChI is InChI=1S/C42H50ClN7O6S/c1-27-16-18-29(19-17-27)25-46-38(52)32(13-9-20-45-42(44)56)48-39(53)33(23-30-26-57-36-15-6-5-12-31(30)36)49-40(54)35-14-7-8-21-50(35)41(55)34(47-37(51)24-43)22-28-10-3-2-4-11-28/h2-6,10-12,15-19,26,32-35H,7-9,13-14,20-25H2,1H3,(H,46,52)(H,47,51)(H,48,53)(H,49,54)(H3,44,45,56)/t32-,33-,34-,35-/m0/s1. The molecule has 0 bridgehead atoms. The Bertz CT molecular complexity index is 2010. The fourth-order valence-corrected chi connectivity index (χ4v) is 7.97. The van der Waals surface area contributed by atoms with E-state index in [1.807, 2.05) is 91.2 Å². The van der Waals surface area contributed by atoms with Crippen LogP contribution in [0.2, 0.25) is 0 Å². The largest absolute Gasteiger partial charge is 0.352 e. The molecule has 3 aromatic carbocycles. The molecule has 1 aromatic heterocycles. The summed E-state index contributed by atoms with van der Waals surface area (Å²) in [5, 5.41) is 16.9. The summed E-state index contributed by atoms with van der Waals surface area (Å²) in [4.78, 5) is 81.8. The maximum absolute atomic E-state index is 14.3. The Morgan fingerprint density at radius 3 is 2.28 bits per heavy atom. The second kappa shape index (κ2) is 21.2. The molecule has 0 unspecified atom stereocenters. The highest BCUT2D eigenvalue weighted by molar-refractivity contribution is 7.17. The van der Waals surface area contributed by atoms with Crippen LogP contribution in [0.4, 0.5) is 4.79 Å². The summed E-state index contributed by atoms with van der Waals surface area (Å²) >= 11 is 7.34. The summed E-state index contributed by atoms with van der Waals surface area (Å²) in [7, 11) is 0. The molecular formula is C42H50ClN7O6S. The second-order valence-electron chi connectivity index (χ2n) is 14.2. The number of urea groups is 1. The number of benzene rings is 3. The number of fused-ring (bicyclic) bond motifs is 1. The number of halogens is 1. The monoisotopic (exact) mass is 815 g/mol. The lowest BCUT2D eigenvalue weighted by atomic mass is 9.97. The number of likely N-dealkylation sites (tertiary alicyclic amines) is 1. The van der Waals surface area contributed by atoms with Crippen LogP contribution >= 0.6 is 22.9 Å². The van der Waals surface area contributed by atoms with Gasteiger partial charge in [0.15, 0.2) is 0 Å². The van der Waals surface area contributed by atoms with E-state index in [0.717, 1.165) is 32.3 Å². The molecule has 2 heterocycles. The normalized spacial score (nSPS) is 15.5. The number of nitrogens with one attached hydrogen (secondary N) is 5. The first-order valence-corrected chi connectivity index (χ1v) is 20.6. The molecule has 1 aliphatic rings. The van der Waals surface area contributed by atoms with Crippen LogP contribution < -0.4 is 32.3 Å². The number of alkyl halides is 1. The van der Waals surface area contributed by atoms with Crippen LogP contribution in [-0.2, 0) is 43.4 Å². The minimum atomic E-state index is -1.12. The van der Waals surface area contributed by atoms with Gasteiger partial charge >= 0.3 is 6.03 Å². The van der Waals surface area contributed by atoms with Crippen molar-refractivity contribution >= 4 is 68.6 Å². The first-order chi connectivity index (χ1) is 27.5. The zero-order valence-electron chi connectivity index (χ0n) is 31.9. The van der Waals surface area contributed by atoms with Gasteiger partial charge in [-0.05, 0) is 72.6 Å². The number of thiophene rings is 1. The smallest absolute Gasteiger partial charge is 0.312 e. The van der Waals surface area contributed by atoms with Gasteiger partial charge in [0, 0.05) is 37.2 Å². The van der Waals surface area contributed by atoms with Gasteiger partial charge in [-0.3, -0.25) is 24.0 Å². The predicted octanol–water partition coefficient (Wildman–Crippen LogP) is 3.83. The highest BCUT2D eigenvalue weighted by Gasteiger charge is 2.38. The van der Waals surface area contributed by atoms with Crippen molar-refractivity contribution in [2.75, 3.05) is 19.0 Å². The Kier molecular flexibility index (Phi) is 15.8. The van der Waals surface area contributed by atoms with Crippen molar-refractivity contribution in [2.24, 2.45) is 5.73 Å². The van der Waals surface area contributed by atoms with Crippen LogP contribution in [0, 0.1) is 6.92 Å². The van der Waals surface area contributed by atoms with Crippen molar-refractivity contribution in [1.82, 2.24) is 31.5 Å². The number of nitrogens with two attached hydrogens (primary N) is 1. The Labute approximate surface area is 341 Å². The molecule has 1 fully saturated rings. The van der Waals surface area contributed by atoms with E-state index in [2.05, 4.69) is 26.6 Å². The zero-order chi connectivity index (χ0) is 40.7. The molecule has 15 heteroatoms. The minimum absolute atomic E-state index is 0.117. The summed E-state index contributed by atoms with van der Waals surface area (Å²) in [5.41, 5.74) is 8.86. The Morgan fingerprint density at radius 1 is 0.807 bits per heavy atom. The Balaban J connectivity index is 1.38.